The smallest absolute Gasteiger partial charge is 0.254 e. The van der Waals surface area contributed by atoms with Gasteiger partial charge in [-0.1, -0.05) is 43.3 Å². The fourth-order valence-electron chi connectivity index (χ4n) is 1.92. The number of likely N-dealkylation sites (N-methyl/N-ethyl adjacent to an activating group) is 1. The molecule has 1 amide bonds. The Kier molecular flexibility index (Phi) is 6.30. The molecule has 104 valence electrons. The molecule has 19 heavy (non-hydrogen) atoms. The minimum absolute atomic E-state index is 0.0556. The lowest BCUT2D eigenvalue weighted by Crippen LogP contribution is -2.32. The number of benzene rings is 1. The van der Waals surface area contributed by atoms with Crippen LogP contribution in [0.15, 0.2) is 36.4 Å². The zero-order valence-electron chi connectivity index (χ0n) is 12.1. The summed E-state index contributed by atoms with van der Waals surface area (Å²) in [6.45, 7) is 7.42. The van der Waals surface area contributed by atoms with Crippen molar-refractivity contribution in [2.45, 2.75) is 33.2 Å². The Balaban J connectivity index is 3.13. The molecule has 0 aliphatic carbocycles. The first-order valence-electron chi connectivity index (χ1n) is 6.96. The van der Waals surface area contributed by atoms with Crippen LogP contribution >= 0.6 is 0 Å². The molecule has 0 saturated carbocycles. The second-order valence-corrected chi connectivity index (χ2v) is 4.50. The van der Waals surface area contributed by atoms with Crippen LogP contribution in [0, 0.1) is 0 Å². The number of hydrogen-bond acceptors (Lipinski definition) is 2. The van der Waals surface area contributed by atoms with Crippen molar-refractivity contribution in [3.63, 3.8) is 0 Å². The van der Waals surface area contributed by atoms with Crippen LogP contribution in [0.4, 0.5) is 0 Å². The van der Waals surface area contributed by atoms with Gasteiger partial charge in [-0.3, -0.25) is 4.79 Å². The molecule has 0 aliphatic heterocycles. The van der Waals surface area contributed by atoms with E-state index in [1.54, 1.807) is 0 Å². The van der Waals surface area contributed by atoms with E-state index in [4.69, 9.17) is 5.73 Å². The van der Waals surface area contributed by atoms with E-state index in [-0.39, 0.29) is 11.9 Å². The van der Waals surface area contributed by atoms with Gasteiger partial charge in [0.2, 0.25) is 0 Å². The molecule has 0 spiro atoms. The molecule has 0 fully saturated rings. The largest absolute Gasteiger partial charge is 0.339 e. The highest BCUT2D eigenvalue weighted by Gasteiger charge is 2.17. The zero-order valence-corrected chi connectivity index (χ0v) is 12.1. The quantitative estimate of drug-likeness (QED) is 0.799. The topological polar surface area (TPSA) is 46.3 Å². The monoisotopic (exact) mass is 260 g/mol. The van der Waals surface area contributed by atoms with Crippen LogP contribution in [0.3, 0.4) is 0 Å². The van der Waals surface area contributed by atoms with E-state index in [0.29, 0.717) is 18.7 Å². The number of carbonyl (C=O) groups is 1. The number of amides is 1. The van der Waals surface area contributed by atoms with Gasteiger partial charge in [-0.25, -0.2) is 0 Å². The van der Waals surface area contributed by atoms with E-state index < -0.39 is 0 Å². The fourth-order valence-corrected chi connectivity index (χ4v) is 1.92. The molecule has 0 aromatic heterocycles. The number of nitrogens with zero attached hydrogens (tertiary/aromatic N) is 1. The molecule has 1 rings (SSSR count). The minimum atomic E-state index is -0.0882. The van der Waals surface area contributed by atoms with Gasteiger partial charge in [0.25, 0.3) is 5.91 Å². The Morgan fingerprint density at radius 2 is 1.79 bits per heavy atom. The Bertz CT molecular complexity index is 422. The summed E-state index contributed by atoms with van der Waals surface area (Å²) in [5.74, 6) is 0.0556. The lowest BCUT2D eigenvalue weighted by atomic mass is 10.0. The van der Waals surface area contributed by atoms with Crippen molar-refractivity contribution in [1.29, 1.82) is 0 Å². The third kappa shape index (κ3) is 4.21. The highest BCUT2D eigenvalue weighted by atomic mass is 16.2. The van der Waals surface area contributed by atoms with Crippen molar-refractivity contribution in [3.8, 4) is 0 Å². The van der Waals surface area contributed by atoms with Gasteiger partial charge in [-0.2, -0.15) is 0 Å². The number of hydrogen-bond donors (Lipinski definition) is 1. The van der Waals surface area contributed by atoms with Crippen LogP contribution in [0.25, 0.3) is 5.57 Å². The van der Waals surface area contributed by atoms with E-state index in [2.05, 4.69) is 0 Å². The van der Waals surface area contributed by atoms with Crippen LogP contribution in [-0.2, 0) is 4.79 Å². The van der Waals surface area contributed by atoms with E-state index in [0.717, 1.165) is 12.0 Å². The SMILES string of the molecule is CC[C@H](N)/C=C(\C(=O)N(CC)CC)c1ccccc1. The van der Waals surface area contributed by atoms with Crippen molar-refractivity contribution in [1.82, 2.24) is 4.90 Å². The van der Waals surface area contributed by atoms with Gasteiger partial charge >= 0.3 is 0 Å². The molecule has 0 radical (unpaired) electrons. The summed E-state index contributed by atoms with van der Waals surface area (Å²) in [5.41, 5.74) is 7.63. The molecule has 0 unspecified atom stereocenters. The lowest BCUT2D eigenvalue weighted by Gasteiger charge is -2.21. The second kappa shape index (κ2) is 7.74. The summed E-state index contributed by atoms with van der Waals surface area (Å²) in [7, 11) is 0. The van der Waals surface area contributed by atoms with Gasteiger partial charge in [-0.05, 0) is 25.8 Å². The Morgan fingerprint density at radius 3 is 2.26 bits per heavy atom. The lowest BCUT2D eigenvalue weighted by molar-refractivity contribution is -0.124. The maximum absolute atomic E-state index is 12.6. The van der Waals surface area contributed by atoms with Crippen molar-refractivity contribution in [2.24, 2.45) is 5.73 Å². The predicted octanol–water partition coefficient (Wildman–Crippen LogP) is 2.68. The summed E-state index contributed by atoms with van der Waals surface area (Å²) in [6, 6.07) is 9.65. The molecule has 0 aliphatic rings. The Hall–Kier alpha value is -1.61. The first-order valence-corrected chi connectivity index (χ1v) is 6.96. The number of nitrogens with two attached hydrogens (primary N) is 1. The first kappa shape index (κ1) is 15.4. The molecule has 0 saturated heterocycles. The van der Waals surface area contributed by atoms with Gasteiger partial charge in [0.15, 0.2) is 0 Å². The van der Waals surface area contributed by atoms with Crippen molar-refractivity contribution >= 4 is 11.5 Å². The fraction of sp³-hybridized carbons (Fsp3) is 0.438. The molecule has 1 atom stereocenters. The second-order valence-electron chi connectivity index (χ2n) is 4.50. The summed E-state index contributed by atoms with van der Waals surface area (Å²) in [4.78, 5) is 14.4. The van der Waals surface area contributed by atoms with Gasteiger partial charge < -0.3 is 10.6 Å². The molecular formula is C16H24N2O. The molecule has 1 aromatic carbocycles. The van der Waals surface area contributed by atoms with Crippen molar-refractivity contribution in [3.05, 3.63) is 42.0 Å². The highest BCUT2D eigenvalue weighted by Crippen LogP contribution is 2.18. The number of rotatable bonds is 6. The standard InChI is InChI=1S/C16H24N2O/c1-4-14(17)12-15(13-10-8-7-9-11-13)16(19)18(5-2)6-3/h7-12,14H,4-6,17H2,1-3H3/b15-12-/t14-/m0/s1. The van der Waals surface area contributed by atoms with Crippen LogP contribution in [0.1, 0.15) is 32.8 Å². The van der Waals surface area contributed by atoms with Crippen LogP contribution in [-0.4, -0.2) is 29.9 Å². The third-order valence-electron chi connectivity index (χ3n) is 3.22. The predicted molar refractivity (Wildman–Crippen MR) is 80.6 cm³/mol. The third-order valence-corrected chi connectivity index (χ3v) is 3.22. The van der Waals surface area contributed by atoms with Gasteiger partial charge in [0.05, 0.1) is 0 Å². The molecule has 1 aromatic rings. The van der Waals surface area contributed by atoms with Crippen LogP contribution in [0.2, 0.25) is 0 Å². The van der Waals surface area contributed by atoms with Crippen LogP contribution < -0.4 is 5.73 Å². The normalized spacial score (nSPS) is 13.2. The summed E-state index contributed by atoms with van der Waals surface area (Å²) in [6.07, 6.45) is 2.71. The van der Waals surface area contributed by atoms with E-state index in [9.17, 15) is 4.79 Å². The zero-order chi connectivity index (χ0) is 14.3. The van der Waals surface area contributed by atoms with Gasteiger partial charge in [-0.15, -0.1) is 0 Å². The first-order chi connectivity index (χ1) is 9.13. The molecular weight excluding hydrogens is 236 g/mol. The molecule has 0 bridgehead atoms. The average molecular weight is 260 g/mol. The molecule has 3 nitrogen and oxygen atoms in total. The summed E-state index contributed by atoms with van der Waals surface area (Å²) in [5, 5.41) is 0. The Morgan fingerprint density at radius 1 is 1.21 bits per heavy atom. The molecule has 2 N–H and O–H groups in total. The van der Waals surface area contributed by atoms with Gasteiger partial charge in [0, 0.05) is 24.7 Å². The van der Waals surface area contributed by atoms with Crippen LogP contribution in [0.5, 0.6) is 0 Å². The van der Waals surface area contributed by atoms with E-state index in [1.807, 2.05) is 62.1 Å². The van der Waals surface area contributed by atoms with E-state index >= 15 is 0 Å². The summed E-state index contributed by atoms with van der Waals surface area (Å²) >= 11 is 0. The van der Waals surface area contributed by atoms with E-state index in [1.165, 1.54) is 0 Å². The Labute approximate surface area is 116 Å². The highest BCUT2D eigenvalue weighted by molar-refractivity contribution is 6.19. The summed E-state index contributed by atoms with van der Waals surface area (Å²) < 4.78 is 0. The molecule has 0 heterocycles. The van der Waals surface area contributed by atoms with Gasteiger partial charge in [0.1, 0.15) is 0 Å². The minimum Gasteiger partial charge on any atom is -0.339 e. The maximum Gasteiger partial charge on any atom is 0.254 e. The maximum atomic E-state index is 12.6. The number of carbonyl (C=O) groups excluding carboxylic acids is 1. The molecule has 3 heteroatoms. The van der Waals surface area contributed by atoms with Crippen molar-refractivity contribution < 1.29 is 4.79 Å². The average Bonchev–Trinajstić information content (AvgIpc) is 2.46. The van der Waals surface area contributed by atoms with Crippen molar-refractivity contribution in [2.75, 3.05) is 13.1 Å².